The van der Waals surface area contributed by atoms with Crippen LogP contribution in [0.4, 0.5) is 0 Å². The third kappa shape index (κ3) is 16.0. The molecule has 0 spiro atoms. The molecule has 0 aromatic carbocycles. The van der Waals surface area contributed by atoms with Gasteiger partial charge in [0, 0.05) is 0 Å². The lowest BCUT2D eigenvalue weighted by Crippen LogP contribution is -1.98. The number of rotatable bonds is 14. The van der Waals surface area contributed by atoms with Crippen LogP contribution in [-0.2, 0) is 0 Å². The van der Waals surface area contributed by atoms with E-state index in [1.807, 2.05) is 6.92 Å². The summed E-state index contributed by atoms with van der Waals surface area (Å²) in [6, 6.07) is 0. The van der Waals surface area contributed by atoms with Crippen LogP contribution in [-0.4, -0.2) is 11.2 Å². The highest BCUT2D eigenvalue weighted by Crippen LogP contribution is 2.13. The van der Waals surface area contributed by atoms with E-state index in [9.17, 15) is 0 Å². The summed E-state index contributed by atoms with van der Waals surface area (Å²) in [7, 11) is 0. The molecule has 0 amide bonds. The van der Waals surface area contributed by atoms with Gasteiger partial charge >= 0.3 is 0 Å². The van der Waals surface area contributed by atoms with Crippen LogP contribution in [0.1, 0.15) is 104 Å². The molecule has 0 aliphatic heterocycles. The first-order valence-corrected chi connectivity index (χ1v) is 8.45. The van der Waals surface area contributed by atoms with Crippen molar-refractivity contribution in [2.45, 2.75) is 110 Å². The second-order valence-electron chi connectivity index (χ2n) is 5.88. The summed E-state index contributed by atoms with van der Waals surface area (Å²) in [6.45, 7) is 4.17. The van der Waals surface area contributed by atoms with Gasteiger partial charge in [0.2, 0.25) is 0 Å². The van der Waals surface area contributed by atoms with Gasteiger partial charge in [-0.2, -0.15) is 0 Å². The van der Waals surface area contributed by atoms with Gasteiger partial charge in [-0.1, -0.05) is 90.4 Å². The molecular weight excluding hydrogens is 220 g/mol. The normalized spacial score (nSPS) is 12.8. The molecule has 1 unspecified atom stereocenters. The van der Waals surface area contributed by atoms with Crippen LogP contribution >= 0.6 is 0 Å². The third-order valence-electron chi connectivity index (χ3n) is 3.73. The van der Waals surface area contributed by atoms with Crippen LogP contribution in [0.2, 0.25) is 0 Å². The van der Waals surface area contributed by atoms with E-state index >= 15 is 0 Å². The fourth-order valence-corrected chi connectivity index (χ4v) is 2.46. The smallest absolute Gasteiger partial charge is 0.0512 e. The second-order valence-corrected chi connectivity index (χ2v) is 5.88. The van der Waals surface area contributed by atoms with Gasteiger partial charge in [0.25, 0.3) is 0 Å². The van der Waals surface area contributed by atoms with Gasteiger partial charge in [0.1, 0.15) is 0 Å². The maximum atomic E-state index is 9.13. The lowest BCUT2D eigenvalue weighted by atomic mass is 10.0. The summed E-state index contributed by atoms with van der Waals surface area (Å²) in [5.41, 5.74) is 0. The highest BCUT2D eigenvalue weighted by molar-refractivity contribution is 4.51. The number of aliphatic hydroxyl groups excluding tert-OH is 1. The zero-order chi connectivity index (χ0) is 13.5. The molecule has 110 valence electrons. The molecule has 0 bridgehead atoms. The van der Waals surface area contributed by atoms with E-state index in [0.29, 0.717) is 0 Å². The van der Waals surface area contributed by atoms with Crippen molar-refractivity contribution >= 4 is 0 Å². The fraction of sp³-hybridized carbons (Fsp3) is 1.00. The van der Waals surface area contributed by atoms with Crippen molar-refractivity contribution < 1.29 is 5.11 Å². The number of unbranched alkanes of at least 4 members (excludes halogenated alkanes) is 12. The molecule has 0 aromatic heterocycles. The summed E-state index contributed by atoms with van der Waals surface area (Å²) < 4.78 is 0. The molecule has 0 saturated heterocycles. The fourth-order valence-electron chi connectivity index (χ4n) is 2.46. The van der Waals surface area contributed by atoms with Gasteiger partial charge in [-0.25, -0.2) is 0 Å². The van der Waals surface area contributed by atoms with Crippen molar-refractivity contribution in [2.24, 2.45) is 0 Å². The predicted octanol–water partition coefficient (Wildman–Crippen LogP) is 5.85. The van der Waals surface area contributed by atoms with Crippen molar-refractivity contribution in [3.63, 3.8) is 0 Å². The monoisotopic (exact) mass is 256 g/mol. The summed E-state index contributed by atoms with van der Waals surface area (Å²) in [6.07, 6.45) is 19.0. The van der Waals surface area contributed by atoms with Gasteiger partial charge in [0.15, 0.2) is 0 Å². The molecule has 0 aromatic rings. The molecule has 1 nitrogen and oxygen atoms in total. The van der Waals surface area contributed by atoms with Crippen LogP contribution in [0.25, 0.3) is 0 Å². The highest BCUT2D eigenvalue weighted by atomic mass is 16.3. The molecule has 0 fully saturated rings. The zero-order valence-corrected chi connectivity index (χ0v) is 12.9. The maximum Gasteiger partial charge on any atom is 0.0512 e. The van der Waals surface area contributed by atoms with E-state index in [4.69, 9.17) is 5.11 Å². The van der Waals surface area contributed by atoms with Gasteiger partial charge in [-0.3, -0.25) is 0 Å². The van der Waals surface area contributed by atoms with E-state index in [1.165, 1.54) is 83.5 Å². The summed E-state index contributed by atoms with van der Waals surface area (Å²) in [5.74, 6) is 0. The lowest BCUT2D eigenvalue weighted by Gasteiger charge is -2.04. The Labute approximate surface area is 115 Å². The molecular formula is C17H36O. The average Bonchev–Trinajstić information content (AvgIpc) is 2.34. The Kier molecular flexibility index (Phi) is 15.0. The maximum absolute atomic E-state index is 9.13. The van der Waals surface area contributed by atoms with Crippen molar-refractivity contribution in [3.8, 4) is 0 Å². The molecule has 0 radical (unpaired) electrons. The molecule has 1 heteroatoms. The van der Waals surface area contributed by atoms with Crippen LogP contribution in [0.15, 0.2) is 0 Å². The number of hydrogen-bond acceptors (Lipinski definition) is 1. The Morgan fingerprint density at radius 2 is 0.944 bits per heavy atom. The summed E-state index contributed by atoms with van der Waals surface area (Å²) >= 11 is 0. The average molecular weight is 256 g/mol. The van der Waals surface area contributed by atoms with Crippen LogP contribution in [0.3, 0.4) is 0 Å². The number of aliphatic hydroxyl groups is 1. The first-order valence-electron chi connectivity index (χ1n) is 8.45. The Balaban J connectivity index is 2.90. The quantitative estimate of drug-likeness (QED) is 0.387. The SMILES string of the molecule is CCCCCCCCCCCCCCCC(C)O. The van der Waals surface area contributed by atoms with Gasteiger partial charge < -0.3 is 5.11 Å². The van der Waals surface area contributed by atoms with Crippen LogP contribution < -0.4 is 0 Å². The number of hydrogen-bond donors (Lipinski definition) is 1. The Morgan fingerprint density at radius 1 is 0.611 bits per heavy atom. The van der Waals surface area contributed by atoms with Gasteiger partial charge in [-0.05, 0) is 13.3 Å². The zero-order valence-electron chi connectivity index (χ0n) is 12.9. The first-order chi connectivity index (χ1) is 8.77. The Hall–Kier alpha value is -0.0400. The Morgan fingerprint density at radius 3 is 1.28 bits per heavy atom. The standard InChI is InChI=1S/C17H36O/c1-3-4-5-6-7-8-9-10-11-12-13-14-15-16-17(2)18/h17-18H,3-16H2,1-2H3. The minimum absolute atomic E-state index is 0.0993. The molecule has 0 heterocycles. The predicted molar refractivity (Wildman–Crippen MR) is 82.0 cm³/mol. The van der Waals surface area contributed by atoms with Crippen molar-refractivity contribution in [2.75, 3.05) is 0 Å². The first kappa shape index (κ1) is 18.0. The molecule has 18 heavy (non-hydrogen) atoms. The third-order valence-corrected chi connectivity index (χ3v) is 3.73. The molecule has 1 N–H and O–H groups in total. The van der Waals surface area contributed by atoms with E-state index in [0.717, 1.165) is 6.42 Å². The molecule has 0 aliphatic carbocycles. The second kappa shape index (κ2) is 15.0. The van der Waals surface area contributed by atoms with Crippen LogP contribution in [0.5, 0.6) is 0 Å². The molecule has 1 atom stereocenters. The van der Waals surface area contributed by atoms with E-state index in [-0.39, 0.29) is 6.10 Å². The van der Waals surface area contributed by atoms with E-state index in [2.05, 4.69) is 6.92 Å². The van der Waals surface area contributed by atoms with Crippen molar-refractivity contribution in [1.82, 2.24) is 0 Å². The molecule has 0 rings (SSSR count). The minimum Gasteiger partial charge on any atom is -0.393 e. The largest absolute Gasteiger partial charge is 0.393 e. The van der Waals surface area contributed by atoms with Gasteiger partial charge in [-0.15, -0.1) is 0 Å². The molecule has 0 aliphatic rings. The van der Waals surface area contributed by atoms with E-state index < -0.39 is 0 Å². The molecule has 0 saturated carbocycles. The van der Waals surface area contributed by atoms with Crippen LogP contribution in [0, 0.1) is 0 Å². The van der Waals surface area contributed by atoms with E-state index in [1.54, 1.807) is 0 Å². The summed E-state index contributed by atoms with van der Waals surface area (Å²) in [4.78, 5) is 0. The van der Waals surface area contributed by atoms with Gasteiger partial charge in [0.05, 0.1) is 6.10 Å². The Bertz CT molecular complexity index is 143. The highest BCUT2D eigenvalue weighted by Gasteiger charge is 1.96. The lowest BCUT2D eigenvalue weighted by molar-refractivity contribution is 0.180. The topological polar surface area (TPSA) is 20.2 Å². The van der Waals surface area contributed by atoms with Crippen molar-refractivity contribution in [1.29, 1.82) is 0 Å². The van der Waals surface area contributed by atoms with Crippen molar-refractivity contribution in [3.05, 3.63) is 0 Å². The minimum atomic E-state index is -0.0993. The summed E-state index contributed by atoms with van der Waals surface area (Å²) in [5, 5.41) is 9.13.